The lowest BCUT2D eigenvalue weighted by molar-refractivity contribution is 1.41. The van der Waals surface area contributed by atoms with Crippen molar-refractivity contribution >= 4 is 49.6 Å². The van der Waals surface area contributed by atoms with Crippen LogP contribution in [0.15, 0.2) is 107 Å². The second-order valence-electron chi connectivity index (χ2n) is 8.71. The highest BCUT2D eigenvalue weighted by molar-refractivity contribution is 6.25. The minimum Gasteiger partial charge on any atom is -0.238 e. The predicted octanol–water partition coefficient (Wildman–Crippen LogP) is 8.31. The van der Waals surface area contributed by atoms with Crippen molar-refractivity contribution in [1.82, 2.24) is 0 Å². The van der Waals surface area contributed by atoms with Crippen LogP contribution in [0.1, 0.15) is 37.5 Å². The number of fused-ring (bicyclic) bond motifs is 6. The fourth-order valence-corrected chi connectivity index (χ4v) is 4.57. The van der Waals surface area contributed by atoms with Gasteiger partial charge in [-0.2, -0.15) is 5.26 Å². The van der Waals surface area contributed by atoms with Gasteiger partial charge in [0.05, 0.1) is 17.3 Å². The number of aliphatic imine (C=N–C) groups is 2. The summed E-state index contributed by atoms with van der Waals surface area (Å²) in [7, 11) is 0. The summed E-state index contributed by atoms with van der Waals surface area (Å²) in [6.45, 7) is 5.89. The van der Waals surface area contributed by atoms with E-state index < -0.39 is 0 Å². The number of benzene rings is 5. The molecule has 0 aliphatic carbocycles. The van der Waals surface area contributed by atoms with Crippen LogP contribution in [0.25, 0.3) is 38.0 Å². The summed E-state index contributed by atoms with van der Waals surface area (Å²) in [5.74, 6) is 0.596. The van der Waals surface area contributed by atoms with Gasteiger partial charge in [0.2, 0.25) is 0 Å². The van der Waals surface area contributed by atoms with E-state index in [1.807, 2.05) is 45.0 Å². The van der Waals surface area contributed by atoms with Gasteiger partial charge in [0.25, 0.3) is 0 Å². The van der Waals surface area contributed by atoms with Crippen molar-refractivity contribution in [2.45, 2.75) is 20.8 Å². The van der Waals surface area contributed by atoms with Crippen LogP contribution in [0.5, 0.6) is 0 Å². The number of hydrogen-bond donors (Lipinski definition) is 0. The zero-order chi connectivity index (χ0) is 24.4. The van der Waals surface area contributed by atoms with Gasteiger partial charge in [-0.15, -0.1) is 0 Å². The fourth-order valence-electron chi connectivity index (χ4n) is 4.57. The molecule has 0 bridgehead atoms. The molecule has 0 aliphatic heterocycles. The molecule has 5 rings (SSSR count). The maximum absolute atomic E-state index is 9.36. The summed E-state index contributed by atoms with van der Waals surface area (Å²) in [5, 5.41) is 16.8. The molecule has 0 N–H and O–H groups in total. The average Bonchev–Trinajstić information content (AvgIpc) is 2.90. The fraction of sp³-hybridized carbons (Fsp3) is 0.0938. The highest BCUT2D eigenvalue weighted by Crippen LogP contribution is 2.36. The highest BCUT2D eigenvalue weighted by atomic mass is 14.9. The summed E-state index contributed by atoms with van der Waals surface area (Å²) >= 11 is 0. The predicted molar refractivity (Wildman–Crippen MR) is 149 cm³/mol. The van der Waals surface area contributed by atoms with Gasteiger partial charge in [-0.1, -0.05) is 78.9 Å². The van der Waals surface area contributed by atoms with Gasteiger partial charge in [-0.05, 0) is 71.3 Å². The Morgan fingerprint density at radius 3 is 1.83 bits per heavy atom. The van der Waals surface area contributed by atoms with Gasteiger partial charge in [0.1, 0.15) is 0 Å². The summed E-state index contributed by atoms with van der Waals surface area (Å²) in [6.07, 6.45) is 2.01. The molecule has 0 aromatic heterocycles. The molecule has 0 unspecified atom stereocenters. The molecule has 0 spiro atoms. The SMILES string of the molecule is C/C=C(\N=C(N=C(C)C)c1cccc(C#N)c1)c1ccc2c3ccccc3c3ccccc3c2c1. The number of nitriles is 1. The van der Waals surface area contributed by atoms with Gasteiger partial charge in [-0.3, -0.25) is 0 Å². The van der Waals surface area contributed by atoms with Crippen LogP contribution in [-0.2, 0) is 0 Å². The van der Waals surface area contributed by atoms with E-state index in [9.17, 15) is 5.26 Å². The standard InChI is InChI=1S/C32H25N3/c1-4-31(35-32(34-21(2)3)24-11-9-10-22(18-24)20-33)23-16-17-29-27-14-6-5-12-25(27)26-13-7-8-15-28(26)30(29)19-23/h4-19H,1-3H3/b31-4-,35-32?. The first-order chi connectivity index (χ1) is 17.1. The van der Waals surface area contributed by atoms with Crippen LogP contribution in [0.3, 0.4) is 0 Å². The topological polar surface area (TPSA) is 48.5 Å². The highest BCUT2D eigenvalue weighted by Gasteiger charge is 2.11. The maximum atomic E-state index is 9.36. The number of allylic oxidation sites excluding steroid dienone is 1. The molecule has 0 aliphatic rings. The summed E-state index contributed by atoms with van der Waals surface area (Å²) in [5.41, 5.74) is 4.18. The summed E-state index contributed by atoms with van der Waals surface area (Å²) in [6, 6.07) is 33.4. The van der Waals surface area contributed by atoms with Crippen LogP contribution in [0.2, 0.25) is 0 Å². The zero-order valence-corrected chi connectivity index (χ0v) is 20.1. The molecule has 0 atom stereocenters. The molecular formula is C32H25N3. The van der Waals surface area contributed by atoms with E-state index in [0.717, 1.165) is 22.5 Å². The van der Waals surface area contributed by atoms with E-state index in [-0.39, 0.29) is 0 Å². The lowest BCUT2D eigenvalue weighted by Gasteiger charge is -2.12. The second kappa shape index (κ2) is 9.37. The third kappa shape index (κ3) is 4.23. The van der Waals surface area contributed by atoms with Crippen LogP contribution in [-0.4, -0.2) is 11.5 Å². The molecular weight excluding hydrogens is 426 g/mol. The van der Waals surface area contributed by atoms with Gasteiger partial charge in [-0.25, -0.2) is 9.98 Å². The first-order valence-electron chi connectivity index (χ1n) is 11.7. The van der Waals surface area contributed by atoms with Crippen LogP contribution in [0, 0.1) is 11.3 Å². The van der Waals surface area contributed by atoms with Crippen molar-refractivity contribution in [2.24, 2.45) is 9.98 Å². The molecule has 168 valence electrons. The largest absolute Gasteiger partial charge is 0.238 e. The molecule has 3 nitrogen and oxygen atoms in total. The minimum absolute atomic E-state index is 0.588. The Kier molecular flexibility index (Phi) is 5.95. The van der Waals surface area contributed by atoms with Crippen LogP contribution < -0.4 is 0 Å². The third-order valence-electron chi connectivity index (χ3n) is 6.12. The van der Waals surface area contributed by atoms with Gasteiger partial charge in [0, 0.05) is 16.8 Å². The summed E-state index contributed by atoms with van der Waals surface area (Å²) < 4.78 is 0. The van der Waals surface area contributed by atoms with Gasteiger partial charge >= 0.3 is 0 Å². The van der Waals surface area contributed by atoms with E-state index in [4.69, 9.17) is 9.98 Å². The Bertz CT molecular complexity index is 1690. The molecule has 0 saturated carbocycles. The normalized spacial score (nSPS) is 12.2. The molecule has 0 amide bonds. The lowest BCUT2D eigenvalue weighted by atomic mass is 9.93. The Morgan fingerprint density at radius 1 is 0.657 bits per heavy atom. The Balaban J connectivity index is 1.73. The molecule has 35 heavy (non-hydrogen) atoms. The lowest BCUT2D eigenvalue weighted by Crippen LogP contribution is -2.02. The molecule has 0 fully saturated rings. The van der Waals surface area contributed by atoms with E-state index in [1.54, 1.807) is 6.07 Å². The monoisotopic (exact) mass is 451 g/mol. The van der Waals surface area contributed by atoms with Crippen molar-refractivity contribution in [1.29, 1.82) is 5.26 Å². The molecule has 3 heteroatoms. The smallest absolute Gasteiger partial charge is 0.159 e. The quantitative estimate of drug-likeness (QED) is 0.155. The van der Waals surface area contributed by atoms with Crippen molar-refractivity contribution in [3.63, 3.8) is 0 Å². The number of rotatable bonds is 3. The Labute approximate surface area is 205 Å². The van der Waals surface area contributed by atoms with Crippen molar-refractivity contribution in [2.75, 3.05) is 0 Å². The zero-order valence-electron chi connectivity index (χ0n) is 20.1. The first-order valence-corrected chi connectivity index (χ1v) is 11.7. The second-order valence-corrected chi connectivity index (χ2v) is 8.71. The Morgan fingerprint density at radius 2 is 1.26 bits per heavy atom. The number of nitrogens with zero attached hydrogens (tertiary/aromatic N) is 3. The third-order valence-corrected chi connectivity index (χ3v) is 6.12. The molecule has 5 aromatic rings. The van der Waals surface area contributed by atoms with Gasteiger partial charge < -0.3 is 0 Å². The summed E-state index contributed by atoms with van der Waals surface area (Å²) in [4.78, 5) is 9.69. The van der Waals surface area contributed by atoms with E-state index >= 15 is 0 Å². The van der Waals surface area contributed by atoms with Crippen molar-refractivity contribution < 1.29 is 0 Å². The molecule has 0 heterocycles. The van der Waals surface area contributed by atoms with Crippen LogP contribution in [0.4, 0.5) is 0 Å². The number of amidine groups is 1. The van der Waals surface area contributed by atoms with E-state index in [1.165, 1.54) is 32.3 Å². The van der Waals surface area contributed by atoms with E-state index in [0.29, 0.717) is 11.4 Å². The maximum Gasteiger partial charge on any atom is 0.159 e. The van der Waals surface area contributed by atoms with Crippen molar-refractivity contribution in [3.05, 3.63) is 114 Å². The first kappa shape index (κ1) is 22.3. The van der Waals surface area contributed by atoms with Crippen LogP contribution >= 0.6 is 0 Å². The average molecular weight is 452 g/mol. The molecule has 5 aromatic carbocycles. The minimum atomic E-state index is 0.588. The molecule has 0 radical (unpaired) electrons. The van der Waals surface area contributed by atoms with Crippen molar-refractivity contribution in [3.8, 4) is 6.07 Å². The Hall–Kier alpha value is -4.55. The van der Waals surface area contributed by atoms with Gasteiger partial charge in [0.15, 0.2) is 5.84 Å². The molecule has 0 saturated heterocycles. The number of hydrogen-bond acceptors (Lipinski definition) is 2. The van der Waals surface area contributed by atoms with E-state index in [2.05, 4.69) is 72.8 Å².